The molecule has 0 radical (unpaired) electrons. The standard InChI is InChI=1S/C28H22BrClN2O2/c29-18-13-15-19(16-14-18)32-22-11-6-12-23(33)25(22)24(20-9-4-5-10-21(20)30)26(28(32)31)27(34)17-7-2-1-3-8-17/h1-5,7-10,13-16,24,31,34H,6,11-12H2. The van der Waals surface area contributed by atoms with Crippen LogP contribution in [0.25, 0.3) is 5.76 Å². The molecule has 6 heteroatoms. The highest BCUT2D eigenvalue weighted by molar-refractivity contribution is 9.10. The molecule has 2 aliphatic rings. The topological polar surface area (TPSA) is 64.4 Å². The van der Waals surface area contributed by atoms with Gasteiger partial charge in [0.15, 0.2) is 5.78 Å². The third-order valence-electron chi connectivity index (χ3n) is 6.36. The van der Waals surface area contributed by atoms with Gasteiger partial charge in [-0.2, -0.15) is 0 Å². The lowest BCUT2D eigenvalue weighted by atomic mass is 9.73. The van der Waals surface area contributed by atoms with Gasteiger partial charge in [0.2, 0.25) is 0 Å². The van der Waals surface area contributed by atoms with Crippen molar-refractivity contribution in [2.45, 2.75) is 25.2 Å². The Labute approximate surface area is 211 Å². The van der Waals surface area contributed by atoms with Crippen LogP contribution in [0.3, 0.4) is 0 Å². The average molecular weight is 534 g/mol. The van der Waals surface area contributed by atoms with Gasteiger partial charge >= 0.3 is 0 Å². The van der Waals surface area contributed by atoms with E-state index >= 15 is 0 Å². The van der Waals surface area contributed by atoms with Gasteiger partial charge in [0.25, 0.3) is 0 Å². The van der Waals surface area contributed by atoms with Crippen molar-refractivity contribution < 1.29 is 9.90 Å². The number of aliphatic hydroxyl groups is 1. The summed E-state index contributed by atoms with van der Waals surface area (Å²) >= 11 is 10.1. The molecule has 3 aromatic carbocycles. The minimum atomic E-state index is -0.629. The number of ketones is 1. The Morgan fingerprint density at radius 3 is 2.35 bits per heavy atom. The summed E-state index contributed by atoms with van der Waals surface area (Å²) in [6.07, 6.45) is 1.82. The summed E-state index contributed by atoms with van der Waals surface area (Å²) < 4.78 is 0.922. The molecular weight excluding hydrogens is 512 g/mol. The molecule has 2 N–H and O–H groups in total. The van der Waals surface area contributed by atoms with Crippen molar-refractivity contribution in [3.8, 4) is 0 Å². The van der Waals surface area contributed by atoms with Gasteiger partial charge in [-0.3, -0.25) is 15.1 Å². The van der Waals surface area contributed by atoms with Gasteiger partial charge in [0, 0.05) is 49.9 Å². The van der Waals surface area contributed by atoms with E-state index in [9.17, 15) is 15.3 Å². The molecule has 34 heavy (non-hydrogen) atoms. The molecule has 170 valence electrons. The fourth-order valence-electron chi connectivity index (χ4n) is 4.84. The van der Waals surface area contributed by atoms with Gasteiger partial charge in [0.1, 0.15) is 11.6 Å². The molecule has 0 spiro atoms. The number of aliphatic hydroxyl groups excluding tert-OH is 1. The number of rotatable bonds is 3. The van der Waals surface area contributed by atoms with Gasteiger partial charge < -0.3 is 5.11 Å². The van der Waals surface area contributed by atoms with Crippen molar-refractivity contribution in [2.75, 3.05) is 4.90 Å². The van der Waals surface area contributed by atoms with E-state index in [4.69, 9.17) is 11.6 Å². The summed E-state index contributed by atoms with van der Waals surface area (Å²) in [6.45, 7) is 0. The number of allylic oxidation sites excluding steroid dienone is 2. The van der Waals surface area contributed by atoms with Crippen LogP contribution in [0.4, 0.5) is 5.69 Å². The highest BCUT2D eigenvalue weighted by Crippen LogP contribution is 2.49. The Kier molecular flexibility index (Phi) is 6.15. The van der Waals surface area contributed by atoms with Crippen molar-refractivity contribution in [3.63, 3.8) is 0 Å². The number of anilines is 1. The Morgan fingerprint density at radius 2 is 1.65 bits per heavy atom. The number of nitrogens with zero attached hydrogens (tertiary/aromatic N) is 1. The first-order chi connectivity index (χ1) is 16.5. The zero-order chi connectivity index (χ0) is 23.8. The predicted molar refractivity (Wildman–Crippen MR) is 140 cm³/mol. The second-order valence-corrected chi connectivity index (χ2v) is 9.70. The second-order valence-electron chi connectivity index (χ2n) is 8.38. The van der Waals surface area contributed by atoms with E-state index in [1.54, 1.807) is 23.1 Å². The van der Waals surface area contributed by atoms with Crippen LogP contribution in [0.5, 0.6) is 0 Å². The van der Waals surface area contributed by atoms with E-state index < -0.39 is 5.92 Å². The highest BCUT2D eigenvalue weighted by Gasteiger charge is 2.43. The number of carbonyl (C=O) groups excluding carboxylic acids is 1. The Hall–Kier alpha value is -3.15. The zero-order valence-corrected chi connectivity index (χ0v) is 20.6. The number of halogens is 2. The number of carbonyl (C=O) groups is 1. The Morgan fingerprint density at radius 1 is 0.971 bits per heavy atom. The van der Waals surface area contributed by atoms with Crippen LogP contribution in [0.15, 0.2) is 100 Å². The molecule has 1 unspecified atom stereocenters. The molecule has 0 amide bonds. The Balaban J connectivity index is 1.84. The maximum Gasteiger partial charge on any atom is 0.161 e. The van der Waals surface area contributed by atoms with Crippen molar-refractivity contribution in [2.24, 2.45) is 0 Å². The average Bonchev–Trinajstić information content (AvgIpc) is 2.85. The van der Waals surface area contributed by atoms with Crippen LogP contribution in [-0.4, -0.2) is 16.7 Å². The predicted octanol–water partition coefficient (Wildman–Crippen LogP) is 7.66. The summed E-state index contributed by atoms with van der Waals surface area (Å²) in [5.41, 5.74) is 3.85. The van der Waals surface area contributed by atoms with Crippen LogP contribution in [0, 0.1) is 5.41 Å². The number of nitrogens with one attached hydrogen (secondary N) is 1. The van der Waals surface area contributed by atoms with E-state index in [2.05, 4.69) is 15.9 Å². The van der Waals surface area contributed by atoms with E-state index in [0.717, 1.165) is 22.3 Å². The molecular formula is C28H22BrClN2O2. The molecule has 3 aromatic rings. The number of hydrogen-bond donors (Lipinski definition) is 2. The van der Waals surface area contributed by atoms with Crippen molar-refractivity contribution in [1.82, 2.24) is 0 Å². The van der Waals surface area contributed by atoms with Crippen LogP contribution < -0.4 is 4.90 Å². The minimum Gasteiger partial charge on any atom is -0.507 e. The van der Waals surface area contributed by atoms with Gasteiger partial charge in [-0.1, -0.05) is 76.1 Å². The molecule has 0 bridgehead atoms. The fourth-order valence-corrected chi connectivity index (χ4v) is 5.35. The largest absolute Gasteiger partial charge is 0.507 e. The minimum absolute atomic E-state index is 0.0254. The molecule has 4 nitrogen and oxygen atoms in total. The van der Waals surface area contributed by atoms with Crippen LogP contribution >= 0.6 is 27.5 Å². The highest BCUT2D eigenvalue weighted by atomic mass is 79.9. The smallest absolute Gasteiger partial charge is 0.161 e. The van der Waals surface area contributed by atoms with Crippen LogP contribution in [0.1, 0.15) is 36.3 Å². The molecule has 0 saturated heterocycles. The lowest BCUT2D eigenvalue weighted by Gasteiger charge is -2.42. The third kappa shape index (κ3) is 3.89. The normalized spacial score (nSPS) is 19.8. The lowest BCUT2D eigenvalue weighted by Crippen LogP contribution is -2.42. The molecule has 1 aliphatic carbocycles. The van der Waals surface area contributed by atoms with E-state index in [0.29, 0.717) is 40.1 Å². The van der Waals surface area contributed by atoms with Crippen molar-refractivity contribution in [1.29, 1.82) is 5.41 Å². The summed E-state index contributed by atoms with van der Waals surface area (Å²) in [4.78, 5) is 15.3. The maximum atomic E-state index is 13.5. The van der Waals surface area contributed by atoms with Crippen LogP contribution in [-0.2, 0) is 4.79 Å². The Bertz CT molecular complexity index is 1350. The first-order valence-corrected chi connectivity index (χ1v) is 12.3. The first kappa shape index (κ1) is 22.6. The maximum absolute atomic E-state index is 13.5. The zero-order valence-electron chi connectivity index (χ0n) is 18.3. The van der Waals surface area contributed by atoms with Gasteiger partial charge in [-0.05, 0) is 48.7 Å². The molecule has 1 heterocycles. The van der Waals surface area contributed by atoms with Crippen molar-refractivity contribution in [3.05, 3.63) is 116 Å². The lowest BCUT2D eigenvalue weighted by molar-refractivity contribution is -0.116. The molecule has 1 aliphatic heterocycles. The number of amidine groups is 1. The molecule has 5 rings (SSSR count). The van der Waals surface area contributed by atoms with Gasteiger partial charge in [-0.15, -0.1) is 0 Å². The second kappa shape index (κ2) is 9.24. The van der Waals surface area contributed by atoms with Gasteiger partial charge in [-0.25, -0.2) is 0 Å². The number of benzene rings is 3. The third-order valence-corrected chi connectivity index (χ3v) is 7.23. The molecule has 0 aromatic heterocycles. The van der Waals surface area contributed by atoms with E-state index in [1.165, 1.54) is 0 Å². The number of hydrogen-bond acceptors (Lipinski definition) is 3. The summed E-state index contributed by atoms with van der Waals surface area (Å²) in [7, 11) is 0. The van der Waals surface area contributed by atoms with Gasteiger partial charge in [0.05, 0.1) is 0 Å². The first-order valence-electron chi connectivity index (χ1n) is 11.1. The molecule has 1 atom stereocenters. The summed E-state index contributed by atoms with van der Waals surface area (Å²) in [5.74, 6) is -0.486. The number of Topliss-reactive ketones (excluding diaryl/α,β-unsaturated/α-hetero) is 1. The SMILES string of the molecule is N=C1C(=C(O)c2ccccc2)C(c2ccccc2Cl)C2=C(CCCC2=O)N1c1ccc(Br)cc1. The van der Waals surface area contributed by atoms with E-state index in [1.807, 2.05) is 60.7 Å². The fraction of sp³-hybridized carbons (Fsp3) is 0.143. The summed E-state index contributed by atoms with van der Waals surface area (Å²) in [5, 5.41) is 21.4. The van der Waals surface area contributed by atoms with E-state index in [-0.39, 0.29) is 17.4 Å². The molecule has 0 fully saturated rings. The molecule has 0 saturated carbocycles. The van der Waals surface area contributed by atoms with Crippen LogP contribution in [0.2, 0.25) is 5.02 Å². The monoisotopic (exact) mass is 532 g/mol. The van der Waals surface area contributed by atoms with Crippen molar-refractivity contribution >= 4 is 50.6 Å². The quantitative estimate of drug-likeness (QED) is 0.340. The summed E-state index contributed by atoms with van der Waals surface area (Å²) in [6, 6.07) is 24.2.